The molecule has 0 aliphatic rings. The largest absolute Gasteiger partial charge is 0.495 e. The molecule has 0 bridgehead atoms. The highest BCUT2D eigenvalue weighted by Crippen LogP contribution is 2.27. The number of aromatic nitrogens is 2. The van der Waals surface area contributed by atoms with Crippen LogP contribution in [0.15, 0.2) is 60.9 Å². The van der Waals surface area contributed by atoms with E-state index in [1.807, 2.05) is 57.2 Å². The lowest BCUT2D eigenvalue weighted by Gasteiger charge is -2.28. The third kappa shape index (κ3) is 7.70. The lowest BCUT2D eigenvalue weighted by Crippen LogP contribution is -2.36. The number of nitriles is 1. The van der Waals surface area contributed by atoms with Crippen LogP contribution in [0.5, 0.6) is 5.75 Å². The number of benzene rings is 2. The van der Waals surface area contributed by atoms with Crippen molar-refractivity contribution in [2.75, 3.05) is 17.7 Å². The molecule has 36 heavy (non-hydrogen) atoms. The van der Waals surface area contributed by atoms with E-state index in [-0.39, 0.29) is 18.1 Å². The number of nitrogens with one attached hydrogen (secondary N) is 2. The molecule has 3 aromatic rings. The summed E-state index contributed by atoms with van der Waals surface area (Å²) < 4.78 is 11.1. The summed E-state index contributed by atoms with van der Waals surface area (Å²) in [4.78, 5) is 34.8. The predicted molar refractivity (Wildman–Crippen MR) is 134 cm³/mol. The van der Waals surface area contributed by atoms with Crippen molar-refractivity contribution >= 4 is 23.6 Å². The molecule has 2 aromatic carbocycles. The minimum atomic E-state index is -0.635. The molecular formula is C26H28N6O4. The molecule has 0 spiro atoms. The van der Waals surface area contributed by atoms with Crippen LogP contribution in [-0.2, 0) is 17.8 Å². The van der Waals surface area contributed by atoms with Crippen LogP contribution < -0.4 is 15.4 Å². The second-order valence-corrected chi connectivity index (χ2v) is 8.83. The summed E-state index contributed by atoms with van der Waals surface area (Å²) in [6, 6.07) is 16.2. The number of anilines is 2. The van der Waals surface area contributed by atoms with Gasteiger partial charge in [-0.1, -0.05) is 36.4 Å². The van der Waals surface area contributed by atoms with Crippen molar-refractivity contribution < 1.29 is 19.1 Å². The number of hydrogen-bond donors (Lipinski definition) is 2. The Labute approximate surface area is 209 Å². The number of amides is 3. The number of urea groups is 1. The lowest BCUT2D eigenvalue weighted by atomic mass is 10.1. The number of methoxy groups -OCH3 is 1. The van der Waals surface area contributed by atoms with Crippen molar-refractivity contribution in [3.05, 3.63) is 77.7 Å². The van der Waals surface area contributed by atoms with E-state index in [9.17, 15) is 9.59 Å². The van der Waals surface area contributed by atoms with Gasteiger partial charge in [-0.15, -0.1) is 0 Å². The number of carbonyl (C=O) groups excluding carboxylic acids is 2. The summed E-state index contributed by atoms with van der Waals surface area (Å²) in [6.07, 6.45) is 2.11. The standard InChI is InChI=1S/C26H28N6O4/c1-26(2,3)36-25(34)32(16-18-8-6-5-7-9-18)17-19-10-11-21(22(12-19)35-4)30-24(33)31-23-15-28-20(13-27)14-29-23/h5-12,14-15H,16-17H2,1-4H3,(H2,29,30,31,33). The van der Waals surface area contributed by atoms with Crippen LogP contribution in [0.4, 0.5) is 21.1 Å². The van der Waals surface area contributed by atoms with Crippen molar-refractivity contribution in [3.8, 4) is 11.8 Å². The van der Waals surface area contributed by atoms with Gasteiger partial charge in [-0.05, 0) is 44.0 Å². The maximum atomic E-state index is 12.9. The predicted octanol–water partition coefficient (Wildman–Crippen LogP) is 4.94. The molecule has 0 saturated heterocycles. The van der Waals surface area contributed by atoms with Crippen LogP contribution in [0, 0.1) is 11.3 Å². The number of nitrogens with zero attached hydrogens (tertiary/aromatic N) is 4. The Kier molecular flexibility index (Phi) is 8.41. The van der Waals surface area contributed by atoms with Crippen LogP contribution >= 0.6 is 0 Å². The molecule has 10 nitrogen and oxygen atoms in total. The zero-order valence-corrected chi connectivity index (χ0v) is 20.6. The Bertz CT molecular complexity index is 1230. The van der Waals surface area contributed by atoms with Crippen molar-refractivity contribution in [2.24, 2.45) is 0 Å². The van der Waals surface area contributed by atoms with E-state index in [0.717, 1.165) is 11.1 Å². The van der Waals surface area contributed by atoms with E-state index in [2.05, 4.69) is 20.6 Å². The molecule has 3 amide bonds. The van der Waals surface area contributed by atoms with E-state index in [1.165, 1.54) is 19.5 Å². The van der Waals surface area contributed by atoms with Crippen molar-refractivity contribution in [3.63, 3.8) is 0 Å². The average Bonchev–Trinajstić information content (AvgIpc) is 2.84. The Morgan fingerprint density at radius 3 is 2.33 bits per heavy atom. The quantitative estimate of drug-likeness (QED) is 0.482. The first-order valence-electron chi connectivity index (χ1n) is 11.2. The summed E-state index contributed by atoms with van der Waals surface area (Å²) in [6.45, 7) is 6.11. The topological polar surface area (TPSA) is 129 Å². The maximum Gasteiger partial charge on any atom is 0.410 e. The SMILES string of the molecule is COc1cc(CN(Cc2ccccc2)C(=O)OC(C)(C)C)ccc1NC(=O)Nc1cnc(C#N)cn1. The molecule has 3 rings (SSSR count). The number of rotatable bonds is 7. The summed E-state index contributed by atoms with van der Waals surface area (Å²) in [5, 5.41) is 14.0. The molecule has 0 atom stereocenters. The zero-order valence-electron chi connectivity index (χ0n) is 20.6. The molecule has 0 aliphatic heterocycles. The van der Waals surface area contributed by atoms with Gasteiger partial charge in [-0.3, -0.25) is 10.2 Å². The lowest BCUT2D eigenvalue weighted by molar-refractivity contribution is 0.0216. The Hall–Kier alpha value is -4.65. The minimum Gasteiger partial charge on any atom is -0.495 e. The number of ether oxygens (including phenoxy) is 2. The van der Waals surface area contributed by atoms with Crippen LogP contribution in [-0.4, -0.2) is 39.7 Å². The van der Waals surface area contributed by atoms with Gasteiger partial charge in [0.05, 0.1) is 25.2 Å². The van der Waals surface area contributed by atoms with Gasteiger partial charge in [-0.25, -0.2) is 19.6 Å². The first-order valence-corrected chi connectivity index (χ1v) is 11.2. The molecule has 0 fully saturated rings. The molecular weight excluding hydrogens is 460 g/mol. The summed E-state index contributed by atoms with van der Waals surface area (Å²) in [5.74, 6) is 0.605. The summed E-state index contributed by atoms with van der Waals surface area (Å²) >= 11 is 0. The van der Waals surface area contributed by atoms with Gasteiger partial charge in [0.15, 0.2) is 11.5 Å². The van der Waals surface area contributed by atoms with Crippen LogP contribution in [0.1, 0.15) is 37.6 Å². The van der Waals surface area contributed by atoms with Crippen LogP contribution in [0.25, 0.3) is 0 Å². The molecule has 0 aliphatic carbocycles. The number of hydrogen-bond acceptors (Lipinski definition) is 7. The molecule has 0 radical (unpaired) electrons. The van der Waals surface area contributed by atoms with E-state index in [0.29, 0.717) is 18.0 Å². The molecule has 0 saturated carbocycles. The molecule has 0 unspecified atom stereocenters. The highest BCUT2D eigenvalue weighted by molar-refractivity contribution is 6.00. The van der Waals surface area contributed by atoms with Crippen molar-refractivity contribution in [2.45, 2.75) is 39.5 Å². The molecule has 10 heteroatoms. The summed E-state index contributed by atoms with van der Waals surface area (Å²) in [5.41, 5.74) is 1.69. The monoisotopic (exact) mass is 488 g/mol. The fourth-order valence-electron chi connectivity index (χ4n) is 3.19. The Morgan fingerprint density at radius 2 is 1.72 bits per heavy atom. The van der Waals surface area contributed by atoms with Crippen LogP contribution in [0.2, 0.25) is 0 Å². The highest BCUT2D eigenvalue weighted by atomic mass is 16.6. The summed E-state index contributed by atoms with van der Waals surface area (Å²) in [7, 11) is 1.49. The second kappa shape index (κ2) is 11.7. The number of carbonyl (C=O) groups is 2. The van der Waals surface area contributed by atoms with Crippen molar-refractivity contribution in [1.29, 1.82) is 5.26 Å². The van der Waals surface area contributed by atoms with Crippen molar-refractivity contribution in [1.82, 2.24) is 14.9 Å². The van der Waals surface area contributed by atoms with E-state index in [1.54, 1.807) is 23.1 Å². The van der Waals surface area contributed by atoms with Gasteiger partial charge in [0.2, 0.25) is 0 Å². The fourth-order valence-corrected chi connectivity index (χ4v) is 3.19. The molecule has 1 aromatic heterocycles. The minimum absolute atomic E-state index is 0.144. The van der Waals surface area contributed by atoms with Gasteiger partial charge in [0.25, 0.3) is 0 Å². The zero-order chi connectivity index (χ0) is 26.1. The van der Waals surface area contributed by atoms with Gasteiger partial charge >= 0.3 is 12.1 Å². The van der Waals surface area contributed by atoms with Gasteiger partial charge < -0.3 is 14.8 Å². The third-order valence-corrected chi connectivity index (χ3v) is 4.76. The average molecular weight is 489 g/mol. The first-order chi connectivity index (χ1) is 17.2. The van der Waals surface area contributed by atoms with Gasteiger partial charge in [0.1, 0.15) is 17.4 Å². The highest BCUT2D eigenvalue weighted by Gasteiger charge is 2.23. The van der Waals surface area contributed by atoms with E-state index < -0.39 is 17.7 Å². The Morgan fingerprint density at radius 1 is 1.00 bits per heavy atom. The van der Waals surface area contributed by atoms with E-state index >= 15 is 0 Å². The maximum absolute atomic E-state index is 12.9. The second-order valence-electron chi connectivity index (χ2n) is 8.83. The molecule has 186 valence electrons. The Balaban J connectivity index is 1.74. The van der Waals surface area contributed by atoms with Gasteiger partial charge in [0, 0.05) is 13.1 Å². The first kappa shape index (κ1) is 26.0. The molecule has 1 heterocycles. The fraction of sp³-hybridized carbons (Fsp3) is 0.269. The third-order valence-electron chi connectivity index (χ3n) is 4.76. The van der Waals surface area contributed by atoms with Crippen LogP contribution in [0.3, 0.4) is 0 Å². The molecule has 2 N–H and O–H groups in total. The van der Waals surface area contributed by atoms with E-state index in [4.69, 9.17) is 14.7 Å². The normalized spacial score (nSPS) is 10.6. The van der Waals surface area contributed by atoms with Gasteiger partial charge in [-0.2, -0.15) is 5.26 Å². The smallest absolute Gasteiger partial charge is 0.410 e.